The number of halogens is 1. The number of carbonyl (C=O) groups excluding carboxylic acids is 1. The average molecular weight is 525 g/mol. The Morgan fingerprint density at radius 3 is 2.51 bits per heavy atom. The number of ether oxygens (including phenoxy) is 1. The first-order valence-electron chi connectivity index (χ1n) is 12.8. The van der Waals surface area contributed by atoms with Crippen molar-refractivity contribution >= 4 is 23.0 Å². The number of anilines is 2. The quantitative estimate of drug-likeness (QED) is 0.203. The fourth-order valence-corrected chi connectivity index (χ4v) is 4.51. The molecule has 4 N–H and O–H groups in total. The Balaban J connectivity index is 1.26. The van der Waals surface area contributed by atoms with Gasteiger partial charge < -0.3 is 15.8 Å². The maximum absolute atomic E-state index is 13.1. The van der Waals surface area contributed by atoms with E-state index in [0.29, 0.717) is 22.7 Å². The van der Waals surface area contributed by atoms with Crippen LogP contribution in [0.25, 0.3) is 11.1 Å². The minimum atomic E-state index is -0.621. The number of nitrogens with one attached hydrogen (secondary N) is 2. The van der Waals surface area contributed by atoms with E-state index in [2.05, 4.69) is 26.3 Å². The highest BCUT2D eigenvalue weighted by atomic mass is 19.1. The van der Waals surface area contributed by atoms with Crippen LogP contribution >= 0.6 is 0 Å². The van der Waals surface area contributed by atoms with Crippen LogP contribution in [0.3, 0.4) is 0 Å². The van der Waals surface area contributed by atoms with Crippen molar-refractivity contribution in [2.75, 3.05) is 24.1 Å². The van der Waals surface area contributed by atoms with Crippen molar-refractivity contribution in [1.29, 1.82) is 5.41 Å². The maximum atomic E-state index is 13.1. The molecule has 8 nitrogen and oxygen atoms in total. The number of amides is 1. The lowest BCUT2D eigenvalue weighted by molar-refractivity contribution is -0.110. The fourth-order valence-electron chi connectivity index (χ4n) is 4.51. The molecule has 1 saturated heterocycles. The Labute approximate surface area is 226 Å². The highest BCUT2D eigenvalue weighted by Gasteiger charge is 2.17. The van der Waals surface area contributed by atoms with E-state index >= 15 is 0 Å². The molecule has 1 amide bonds. The predicted molar refractivity (Wildman–Crippen MR) is 149 cm³/mol. The van der Waals surface area contributed by atoms with Gasteiger partial charge in [0.05, 0.1) is 11.9 Å². The fraction of sp³-hybridized carbons (Fsp3) is 0.200. The molecule has 1 aliphatic heterocycles. The van der Waals surface area contributed by atoms with E-state index in [0.717, 1.165) is 36.3 Å². The number of aromatic nitrogens is 2. The summed E-state index contributed by atoms with van der Waals surface area (Å²) in [6.07, 6.45) is 8.82. The summed E-state index contributed by atoms with van der Waals surface area (Å²) in [4.78, 5) is 23.9. The van der Waals surface area contributed by atoms with Crippen LogP contribution in [0.1, 0.15) is 30.4 Å². The molecule has 0 aliphatic carbocycles. The lowest BCUT2D eigenvalue weighted by Crippen LogP contribution is -2.29. The molecule has 0 unspecified atom stereocenters. The molecule has 9 heteroatoms. The number of piperidine rings is 1. The van der Waals surface area contributed by atoms with E-state index in [1.807, 2.05) is 12.3 Å². The number of rotatable bonds is 8. The third-order valence-electron chi connectivity index (χ3n) is 6.56. The second-order valence-electron chi connectivity index (χ2n) is 9.49. The number of likely N-dealkylation sites (tertiary alicyclic amines) is 1. The van der Waals surface area contributed by atoms with Crippen LogP contribution in [0.2, 0.25) is 0 Å². The Bertz CT molecular complexity index is 1470. The van der Waals surface area contributed by atoms with E-state index in [-0.39, 0.29) is 17.4 Å². The van der Waals surface area contributed by atoms with E-state index < -0.39 is 5.91 Å². The first-order valence-corrected chi connectivity index (χ1v) is 12.8. The molecule has 3 heterocycles. The van der Waals surface area contributed by atoms with Gasteiger partial charge in [-0.25, -0.2) is 9.37 Å². The Hall–Kier alpha value is -4.63. The van der Waals surface area contributed by atoms with Crippen LogP contribution in [0.15, 0.2) is 79.3 Å². The van der Waals surface area contributed by atoms with Gasteiger partial charge in [0.2, 0.25) is 5.88 Å². The van der Waals surface area contributed by atoms with Gasteiger partial charge in [-0.2, -0.15) is 0 Å². The summed E-state index contributed by atoms with van der Waals surface area (Å²) in [7, 11) is 0. The van der Waals surface area contributed by atoms with Crippen LogP contribution in [-0.2, 0) is 11.3 Å². The maximum Gasteiger partial charge on any atom is 0.274 e. The summed E-state index contributed by atoms with van der Waals surface area (Å²) in [6, 6.07) is 16.2. The molecular weight excluding hydrogens is 495 g/mol. The van der Waals surface area contributed by atoms with E-state index in [1.54, 1.807) is 30.5 Å². The third kappa shape index (κ3) is 6.63. The summed E-state index contributed by atoms with van der Waals surface area (Å²) in [5, 5.41) is 11.2. The normalized spacial score (nSPS) is 13.6. The molecule has 198 valence electrons. The number of nitrogens with zero attached hydrogens (tertiary/aromatic N) is 3. The minimum Gasteiger partial charge on any atom is -0.439 e. The largest absolute Gasteiger partial charge is 0.439 e. The van der Waals surface area contributed by atoms with Crippen molar-refractivity contribution in [3.05, 3.63) is 96.2 Å². The molecule has 1 fully saturated rings. The molecule has 0 saturated carbocycles. The minimum absolute atomic E-state index is 0.265. The van der Waals surface area contributed by atoms with E-state index in [1.165, 1.54) is 49.7 Å². The number of hydrogen-bond acceptors (Lipinski definition) is 7. The molecule has 39 heavy (non-hydrogen) atoms. The molecule has 2 aromatic carbocycles. The number of pyridine rings is 2. The third-order valence-corrected chi connectivity index (χ3v) is 6.56. The first-order chi connectivity index (χ1) is 18.9. The monoisotopic (exact) mass is 524 g/mol. The number of nitrogens with two attached hydrogens (primary N) is 1. The lowest BCUT2D eigenvalue weighted by atomic mass is 9.99. The second-order valence-corrected chi connectivity index (χ2v) is 9.49. The van der Waals surface area contributed by atoms with Crippen LogP contribution in [0, 0.1) is 11.2 Å². The predicted octanol–water partition coefficient (Wildman–Crippen LogP) is 5.65. The van der Waals surface area contributed by atoms with E-state index in [4.69, 9.17) is 15.9 Å². The van der Waals surface area contributed by atoms with Gasteiger partial charge >= 0.3 is 0 Å². The molecule has 0 radical (unpaired) electrons. The number of nitrogen functional groups attached to an aromatic ring is 1. The topological polar surface area (TPSA) is 117 Å². The molecule has 0 atom stereocenters. The van der Waals surface area contributed by atoms with Crippen LogP contribution in [0.5, 0.6) is 11.6 Å². The zero-order valence-electron chi connectivity index (χ0n) is 21.4. The van der Waals surface area contributed by atoms with Gasteiger partial charge in [-0.3, -0.25) is 20.1 Å². The van der Waals surface area contributed by atoms with Crippen molar-refractivity contribution in [1.82, 2.24) is 14.9 Å². The molecule has 0 spiro atoms. The summed E-state index contributed by atoms with van der Waals surface area (Å²) in [5.41, 5.74) is 9.80. The molecular formula is C30H29FN6O2. The summed E-state index contributed by atoms with van der Waals surface area (Å²) < 4.78 is 18.7. The summed E-state index contributed by atoms with van der Waals surface area (Å²) in [6.45, 7) is 3.05. The Morgan fingerprint density at radius 2 is 1.77 bits per heavy atom. The van der Waals surface area contributed by atoms with Gasteiger partial charge in [-0.05, 0) is 85.6 Å². The average Bonchev–Trinajstić information content (AvgIpc) is 2.96. The van der Waals surface area contributed by atoms with Crippen LogP contribution < -0.4 is 15.8 Å². The van der Waals surface area contributed by atoms with Crippen LogP contribution in [-0.4, -0.2) is 39.6 Å². The standard InChI is InChI=1S/C30H29FN6O2/c31-23-5-8-25(9-6-23)39-28-11-7-24(18-35-28)36-30(38)29(33)26-15-21(4-10-27(26)32)22-14-20(16-34-17-22)19-37-12-2-1-3-13-37/h4-11,14-18,33H,1-3,12-13,19,32H2,(H,36,38). The number of benzene rings is 2. The van der Waals surface area contributed by atoms with Gasteiger partial charge in [-0.15, -0.1) is 0 Å². The first kappa shape index (κ1) is 26.0. The second kappa shape index (κ2) is 11.8. The molecule has 5 rings (SSSR count). The number of carbonyl (C=O) groups is 1. The molecule has 0 bridgehead atoms. The zero-order valence-corrected chi connectivity index (χ0v) is 21.4. The smallest absolute Gasteiger partial charge is 0.274 e. The van der Waals surface area contributed by atoms with Crippen molar-refractivity contribution in [3.63, 3.8) is 0 Å². The summed E-state index contributed by atoms with van der Waals surface area (Å²) >= 11 is 0. The van der Waals surface area contributed by atoms with E-state index in [9.17, 15) is 9.18 Å². The van der Waals surface area contributed by atoms with Crippen molar-refractivity contribution < 1.29 is 13.9 Å². The Morgan fingerprint density at radius 1 is 0.974 bits per heavy atom. The van der Waals surface area contributed by atoms with Gasteiger partial charge in [-0.1, -0.05) is 12.5 Å². The van der Waals surface area contributed by atoms with Crippen LogP contribution in [0.4, 0.5) is 15.8 Å². The zero-order chi connectivity index (χ0) is 27.2. The summed E-state index contributed by atoms with van der Waals surface area (Å²) in [5.74, 6) is -0.266. The van der Waals surface area contributed by atoms with Crippen molar-refractivity contribution in [3.8, 4) is 22.8 Å². The van der Waals surface area contributed by atoms with Crippen molar-refractivity contribution in [2.45, 2.75) is 25.8 Å². The van der Waals surface area contributed by atoms with Gasteiger partial charge in [0, 0.05) is 41.8 Å². The number of hydrogen-bond donors (Lipinski definition) is 3. The van der Waals surface area contributed by atoms with Gasteiger partial charge in [0.25, 0.3) is 5.91 Å². The highest BCUT2D eigenvalue weighted by Crippen LogP contribution is 2.26. The van der Waals surface area contributed by atoms with Crippen molar-refractivity contribution in [2.24, 2.45) is 0 Å². The van der Waals surface area contributed by atoms with Gasteiger partial charge in [0.1, 0.15) is 17.3 Å². The molecule has 4 aromatic rings. The Kier molecular flexibility index (Phi) is 7.88. The molecule has 1 aliphatic rings. The molecule has 2 aromatic heterocycles. The highest BCUT2D eigenvalue weighted by molar-refractivity contribution is 6.48. The SMILES string of the molecule is N=C(C(=O)Nc1ccc(Oc2ccc(F)cc2)nc1)c1cc(-c2cncc(CN3CCCCC3)c2)ccc1N. The van der Waals surface area contributed by atoms with Gasteiger partial charge in [0.15, 0.2) is 0 Å². The lowest BCUT2D eigenvalue weighted by Gasteiger charge is -2.26.